The minimum Gasteiger partial charge on any atom is -0.353 e. The van der Waals surface area contributed by atoms with Crippen LogP contribution in [-0.2, 0) is 16.6 Å². The number of hydrogen-bond donors (Lipinski definition) is 1. The molecule has 10 heteroatoms. The van der Waals surface area contributed by atoms with Gasteiger partial charge in [0.15, 0.2) is 5.65 Å². The summed E-state index contributed by atoms with van der Waals surface area (Å²) in [5.74, 6) is 1.22. The molecule has 34 heavy (non-hydrogen) atoms. The van der Waals surface area contributed by atoms with E-state index in [0.717, 1.165) is 62.2 Å². The van der Waals surface area contributed by atoms with Crippen LogP contribution in [0.5, 0.6) is 0 Å². The highest BCUT2D eigenvalue weighted by Crippen LogP contribution is 2.24. The van der Waals surface area contributed by atoms with E-state index in [4.69, 9.17) is 0 Å². The zero-order valence-electron chi connectivity index (χ0n) is 20.2. The maximum absolute atomic E-state index is 13.0. The van der Waals surface area contributed by atoms with Gasteiger partial charge in [0.2, 0.25) is 11.8 Å². The number of piperazine rings is 1. The van der Waals surface area contributed by atoms with Crippen molar-refractivity contribution in [1.29, 1.82) is 0 Å². The predicted octanol–water partition coefficient (Wildman–Crippen LogP) is 1.17. The van der Waals surface area contributed by atoms with E-state index in [1.807, 2.05) is 11.9 Å². The van der Waals surface area contributed by atoms with Gasteiger partial charge in [-0.05, 0) is 32.2 Å². The van der Waals surface area contributed by atoms with Crippen molar-refractivity contribution in [2.45, 2.75) is 51.0 Å². The second-order valence-corrected chi connectivity index (χ2v) is 9.99. The number of nitrogens with zero attached hydrogens (tertiary/aromatic N) is 7. The molecule has 3 fully saturated rings. The van der Waals surface area contributed by atoms with Gasteiger partial charge in [0.25, 0.3) is 0 Å². The van der Waals surface area contributed by atoms with Crippen LogP contribution in [0.1, 0.15) is 44.9 Å². The van der Waals surface area contributed by atoms with Gasteiger partial charge < -0.3 is 15.1 Å². The SMILES string of the molecule is Cn1ncc2c(N3CCN(C(=O)CN4CCCC(C(=O)NC5CCCCC5)C4)CC3)ncnc21. The first-order valence-electron chi connectivity index (χ1n) is 12.8. The average Bonchev–Trinajstić information content (AvgIpc) is 3.26. The van der Waals surface area contributed by atoms with Gasteiger partial charge in [-0.15, -0.1) is 0 Å². The number of rotatable bonds is 5. The second-order valence-electron chi connectivity index (χ2n) is 9.99. The molecule has 1 unspecified atom stereocenters. The Labute approximate surface area is 200 Å². The third-order valence-electron chi connectivity index (χ3n) is 7.63. The molecular formula is C24H36N8O2. The van der Waals surface area contributed by atoms with E-state index in [9.17, 15) is 9.59 Å². The van der Waals surface area contributed by atoms with Crippen molar-refractivity contribution in [3.63, 3.8) is 0 Å². The maximum atomic E-state index is 13.0. The fraction of sp³-hybridized carbons (Fsp3) is 0.708. The molecular weight excluding hydrogens is 432 g/mol. The summed E-state index contributed by atoms with van der Waals surface area (Å²) >= 11 is 0. The summed E-state index contributed by atoms with van der Waals surface area (Å²) < 4.78 is 1.75. The van der Waals surface area contributed by atoms with E-state index in [1.165, 1.54) is 19.3 Å². The fourth-order valence-electron chi connectivity index (χ4n) is 5.64. The fourth-order valence-corrected chi connectivity index (χ4v) is 5.64. The molecule has 1 atom stereocenters. The molecule has 1 aliphatic carbocycles. The van der Waals surface area contributed by atoms with Crippen LogP contribution in [0.15, 0.2) is 12.5 Å². The smallest absolute Gasteiger partial charge is 0.236 e. The average molecular weight is 469 g/mol. The Morgan fingerprint density at radius 3 is 2.59 bits per heavy atom. The third-order valence-corrected chi connectivity index (χ3v) is 7.63. The minimum absolute atomic E-state index is 0.0000196. The van der Waals surface area contributed by atoms with E-state index in [0.29, 0.717) is 32.2 Å². The number of piperidine rings is 1. The van der Waals surface area contributed by atoms with Crippen LogP contribution < -0.4 is 10.2 Å². The molecule has 3 aliphatic rings. The molecule has 2 aromatic heterocycles. The van der Waals surface area contributed by atoms with E-state index in [1.54, 1.807) is 17.2 Å². The first-order chi connectivity index (χ1) is 16.6. The van der Waals surface area contributed by atoms with Gasteiger partial charge in [0.1, 0.15) is 12.1 Å². The van der Waals surface area contributed by atoms with Gasteiger partial charge in [-0.3, -0.25) is 19.2 Å². The number of amides is 2. The van der Waals surface area contributed by atoms with E-state index in [-0.39, 0.29) is 17.7 Å². The predicted molar refractivity (Wildman–Crippen MR) is 129 cm³/mol. The summed E-state index contributed by atoms with van der Waals surface area (Å²) in [6.45, 7) is 4.78. The van der Waals surface area contributed by atoms with Crippen molar-refractivity contribution < 1.29 is 9.59 Å². The monoisotopic (exact) mass is 468 g/mol. The number of likely N-dealkylation sites (tertiary alicyclic amines) is 1. The summed E-state index contributed by atoms with van der Waals surface area (Å²) in [6, 6.07) is 0.345. The van der Waals surface area contributed by atoms with Crippen LogP contribution in [-0.4, -0.2) is 93.2 Å². The quantitative estimate of drug-likeness (QED) is 0.703. The normalized spacial score (nSPS) is 22.8. The molecule has 5 rings (SSSR count). The molecule has 4 heterocycles. The van der Waals surface area contributed by atoms with Crippen molar-refractivity contribution in [2.24, 2.45) is 13.0 Å². The Kier molecular flexibility index (Phi) is 6.94. The Hall–Kier alpha value is -2.75. The zero-order chi connectivity index (χ0) is 23.5. The van der Waals surface area contributed by atoms with Crippen LogP contribution >= 0.6 is 0 Å². The Balaban J connectivity index is 1.11. The summed E-state index contributed by atoms with van der Waals surface area (Å²) in [4.78, 5) is 41.0. The first-order valence-corrected chi connectivity index (χ1v) is 12.8. The van der Waals surface area contributed by atoms with E-state index >= 15 is 0 Å². The van der Waals surface area contributed by atoms with Crippen LogP contribution in [0.4, 0.5) is 5.82 Å². The minimum atomic E-state index is -0.0000196. The summed E-state index contributed by atoms with van der Waals surface area (Å²) in [5, 5.41) is 8.52. The highest BCUT2D eigenvalue weighted by molar-refractivity contribution is 5.87. The molecule has 1 saturated carbocycles. The first kappa shape index (κ1) is 23.0. The molecule has 0 spiro atoms. The number of nitrogens with one attached hydrogen (secondary N) is 1. The number of carbonyl (C=O) groups excluding carboxylic acids is 2. The third kappa shape index (κ3) is 5.01. The molecule has 0 radical (unpaired) electrons. The number of hydrogen-bond acceptors (Lipinski definition) is 7. The summed E-state index contributed by atoms with van der Waals surface area (Å²) in [7, 11) is 1.88. The molecule has 2 saturated heterocycles. The van der Waals surface area contributed by atoms with Crippen molar-refractivity contribution in [1.82, 2.24) is 34.9 Å². The van der Waals surface area contributed by atoms with Gasteiger partial charge in [-0.25, -0.2) is 9.97 Å². The van der Waals surface area contributed by atoms with E-state index in [2.05, 4.69) is 30.2 Å². The number of fused-ring (bicyclic) bond motifs is 1. The molecule has 10 nitrogen and oxygen atoms in total. The largest absolute Gasteiger partial charge is 0.353 e. The zero-order valence-corrected chi connectivity index (χ0v) is 20.2. The lowest BCUT2D eigenvalue weighted by atomic mass is 9.93. The lowest BCUT2D eigenvalue weighted by molar-refractivity contribution is -0.135. The lowest BCUT2D eigenvalue weighted by Gasteiger charge is -2.38. The van der Waals surface area contributed by atoms with Crippen LogP contribution in [0.2, 0.25) is 0 Å². The number of aromatic nitrogens is 4. The highest BCUT2D eigenvalue weighted by Gasteiger charge is 2.30. The number of carbonyl (C=O) groups is 2. The van der Waals surface area contributed by atoms with Crippen molar-refractivity contribution in [3.8, 4) is 0 Å². The highest BCUT2D eigenvalue weighted by atomic mass is 16.2. The molecule has 2 aromatic rings. The summed E-state index contributed by atoms with van der Waals surface area (Å²) in [5.41, 5.74) is 0.815. The van der Waals surface area contributed by atoms with Crippen molar-refractivity contribution in [3.05, 3.63) is 12.5 Å². The van der Waals surface area contributed by atoms with Gasteiger partial charge in [-0.1, -0.05) is 19.3 Å². The second kappa shape index (κ2) is 10.2. The maximum Gasteiger partial charge on any atom is 0.236 e. The van der Waals surface area contributed by atoms with Gasteiger partial charge in [-0.2, -0.15) is 5.10 Å². The van der Waals surface area contributed by atoms with E-state index < -0.39 is 0 Å². The number of anilines is 1. The molecule has 2 amide bonds. The molecule has 0 aromatic carbocycles. The Morgan fingerprint density at radius 2 is 1.79 bits per heavy atom. The molecule has 0 bridgehead atoms. The summed E-state index contributed by atoms with van der Waals surface area (Å²) in [6.07, 6.45) is 11.2. The Bertz CT molecular complexity index is 1010. The molecule has 1 N–H and O–H groups in total. The standard InChI is InChI=1S/C24H36N8O2/c1-29-22-20(14-27-29)23(26-17-25-22)32-12-10-31(11-13-32)21(33)16-30-9-5-6-18(15-30)24(34)28-19-7-3-2-4-8-19/h14,17-19H,2-13,15-16H2,1H3,(H,28,34). The van der Waals surface area contributed by atoms with Crippen LogP contribution in [0.3, 0.4) is 0 Å². The molecule has 2 aliphatic heterocycles. The van der Waals surface area contributed by atoms with Crippen LogP contribution in [0.25, 0.3) is 11.0 Å². The Morgan fingerprint density at radius 1 is 1.00 bits per heavy atom. The number of aryl methyl sites for hydroxylation is 1. The van der Waals surface area contributed by atoms with Crippen molar-refractivity contribution >= 4 is 28.7 Å². The van der Waals surface area contributed by atoms with Gasteiger partial charge in [0.05, 0.1) is 24.0 Å². The van der Waals surface area contributed by atoms with Gasteiger partial charge in [0, 0.05) is 45.8 Å². The van der Waals surface area contributed by atoms with Gasteiger partial charge >= 0.3 is 0 Å². The van der Waals surface area contributed by atoms with Crippen molar-refractivity contribution in [2.75, 3.05) is 50.7 Å². The lowest BCUT2D eigenvalue weighted by Crippen LogP contribution is -2.53. The van der Waals surface area contributed by atoms with Crippen LogP contribution in [0, 0.1) is 5.92 Å². The topological polar surface area (TPSA) is 99.5 Å². The molecule has 184 valence electrons.